The lowest BCUT2D eigenvalue weighted by molar-refractivity contribution is -0.757. The number of allylic oxidation sites excluding steroid dienone is 2. The molecule has 1 aromatic rings. The Kier molecular flexibility index (Phi) is 10.7. The molecule has 9 nitrogen and oxygen atoms in total. The van der Waals surface area contributed by atoms with Crippen LogP contribution in [0.4, 0.5) is 8.78 Å². The average molecular weight is 582 g/mol. The molecule has 3 rings (SSSR count). The summed E-state index contributed by atoms with van der Waals surface area (Å²) in [5.74, 6) is -6.63. The summed E-state index contributed by atoms with van der Waals surface area (Å²) in [5, 5.41) is 9.26. The van der Waals surface area contributed by atoms with Gasteiger partial charge in [0, 0.05) is 23.0 Å². The van der Waals surface area contributed by atoms with E-state index in [-0.39, 0.29) is 55.3 Å². The number of unbranched alkanes of at least 4 members (excludes halogenated alkanes) is 1. The van der Waals surface area contributed by atoms with Crippen LogP contribution in [0.2, 0.25) is 0 Å². The first-order valence-electron chi connectivity index (χ1n) is 14.4. The van der Waals surface area contributed by atoms with E-state index in [9.17, 15) is 19.7 Å². The third-order valence-electron chi connectivity index (χ3n) is 7.89. The molecule has 0 bridgehead atoms. The summed E-state index contributed by atoms with van der Waals surface area (Å²) in [6.07, 6.45) is 6.58. The Balaban J connectivity index is 1.96. The lowest BCUT2D eigenvalue weighted by atomic mass is 9.67. The quantitative estimate of drug-likeness (QED) is 0.0574. The first kappa shape index (κ1) is 32.3. The highest BCUT2D eigenvalue weighted by Gasteiger charge is 2.49. The summed E-state index contributed by atoms with van der Waals surface area (Å²) in [5.41, 5.74) is 0.341. The molecule has 228 valence electrons. The molecular weight excluding hydrogens is 540 g/mol. The van der Waals surface area contributed by atoms with Crippen molar-refractivity contribution in [2.45, 2.75) is 103 Å². The molecule has 0 aromatic heterocycles. The highest BCUT2D eigenvalue weighted by molar-refractivity contribution is 5.81. The summed E-state index contributed by atoms with van der Waals surface area (Å²) >= 11 is 0. The maximum atomic E-state index is 15.5. The van der Waals surface area contributed by atoms with E-state index >= 15 is 8.78 Å². The van der Waals surface area contributed by atoms with Gasteiger partial charge in [0.2, 0.25) is 0 Å². The highest BCUT2D eigenvalue weighted by atomic mass is 19.3. The Hall–Kier alpha value is -3.24. The number of alkyl halides is 2. The summed E-state index contributed by atoms with van der Waals surface area (Å²) in [4.78, 5) is 40.2. The fourth-order valence-electron chi connectivity index (χ4n) is 5.80. The maximum Gasteiger partial charge on any atom is 0.381 e. The van der Waals surface area contributed by atoms with E-state index in [0.29, 0.717) is 24.8 Å². The van der Waals surface area contributed by atoms with Gasteiger partial charge in [-0.3, -0.25) is 4.79 Å². The van der Waals surface area contributed by atoms with Gasteiger partial charge < -0.3 is 19.0 Å². The van der Waals surface area contributed by atoms with E-state index in [1.807, 2.05) is 34.6 Å². The van der Waals surface area contributed by atoms with Gasteiger partial charge in [0.15, 0.2) is 0 Å². The van der Waals surface area contributed by atoms with Gasteiger partial charge in [-0.05, 0) is 71.4 Å². The lowest BCUT2D eigenvalue weighted by Crippen LogP contribution is -2.45. The van der Waals surface area contributed by atoms with Crippen molar-refractivity contribution in [1.29, 1.82) is 0 Å². The molecule has 0 fully saturated rings. The van der Waals surface area contributed by atoms with E-state index in [0.717, 1.165) is 37.0 Å². The molecule has 2 unspecified atom stereocenters. The molecule has 1 aliphatic heterocycles. The van der Waals surface area contributed by atoms with E-state index in [4.69, 9.17) is 14.2 Å². The summed E-state index contributed by atoms with van der Waals surface area (Å²) in [6.45, 7) is 9.18. The molecule has 0 saturated carbocycles. The van der Waals surface area contributed by atoms with Crippen molar-refractivity contribution in [3.63, 3.8) is 0 Å². The molecule has 1 aliphatic carbocycles. The molecule has 1 aromatic carbocycles. The summed E-state index contributed by atoms with van der Waals surface area (Å²) in [7, 11) is 0. The standard InChI is InChI=1S/C30H41F2NO8/c1-6-10-20(11-7-2)27(34)40-24-17-21(30(31,32)28(35)38-14-8-9-15-39-33(36)37)18-25-26(24)22-16-19(3)12-13-23(22)29(4,5)41-25/h12,17-18,20,22-23H,6-11,13-16H2,1-5H3. The number of esters is 2. The second kappa shape index (κ2) is 13.6. The zero-order valence-corrected chi connectivity index (χ0v) is 24.5. The second-order valence-electron chi connectivity index (χ2n) is 11.5. The van der Waals surface area contributed by atoms with Crippen LogP contribution in [-0.4, -0.2) is 35.8 Å². The van der Waals surface area contributed by atoms with Gasteiger partial charge >= 0.3 is 17.9 Å². The Bertz CT molecular complexity index is 1140. The topological polar surface area (TPSA) is 114 Å². The van der Waals surface area contributed by atoms with Gasteiger partial charge in [-0.15, -0.1) is 10.1 Å². The highest BCUT2D eigenvalue weighted by Crippen LogP contribution is 2.55. The molecule has 0 N–H and O–H groups in total. The van der Waals surface area contributed by atoms with Crippen LogP contribution in [0.15, 0.2) is 23.8 Å². The Morgan fingerprint density at radius 1 is 1.17 bits per heavy atom. The van der Waals surface area contributed by atoms with Crippen LogP contribution >= 0.6 is 0 Å². The van der Waals surface area contributed by atoms with Crippen LogP contribution in [0.1, 0.15) is 103 Å². The van der Waals surface area contributed by atoms with Crippen molar-refractivity contribution in [3.8, 4) is 11.5 Å². The number of hydrogen-bond donors (Lipinski definition) is 0. The van der Waals surface area contributed by atoms with Crippen LogP contribution in [0.3, 0.4) is 0 Å². The van der Waals surface area contributed by atoms with E-state index in [2.05, 4.69) is 10.9 Å². The number of ether oxygens (including phenoxy) is 3. The average Bonchev–Trinajstić information content (AvgIpc) is 2.89. The van der Waals surface area contributed by atoms with Crippen molar-refractivity contribution in [2.24, 2.45) is 11.8 Å². The molecule has 0 spiro atoms. The number of benzene rings is 1. The van der Waals surface area contributed by atoms with Gasteiger partial charge in [0.1, 0.15) is 17.1 Å². The fraction of sp³-hybridized carbons (Fsp3) is 0.667. The number of rotatable bonds is 14. The number of carbonyl (C=O) groups is 2. The first-order valence-corrected chi connectivity index (χ1v) is 14.4. The maximum absolute atomic E-state index is 15.5. The van der Waals surface area contributed by atoms with Crippen molar-refractivity contribution < 1.29 is 42.5 Å². The molecule has 2 atom stereocenters. The van der Waals surface area contributed by atoms with Crippen molar-refractivity contribution in [2.75, 3.05) is 13.2 Å². The molecule has 1 heterocycles. The molecule has 11 heteroatoms. The minimum absolute atomic E-state index is 0.00990. The first-order chi connectivity index (χ1) is 19.3. The number of fused-ring (bicyclic) bond motifs is 3. The summed E-state index contributed by atoms with van der Waals surface area (Å²) < 4.78 is 48.0. The van der Waals surface area contributed by atoms with Crippen LogP contribution in [-0.2, 0) is 25.1 Å². The predicted octanol–water partition coefficient (Wildman–Crippen LogP) is 7.04. The van der Waals surface area contributed by atoms with Crippen molar-refractivity contribution >= 4 is 11.9 Å². The molecule has 0 saturated heterocycles. The van der Waals surface area contributed by atoms with E-state index in [1.54, 1.807) is 0 Å². The third kappa shape index (κ3) is 7.74. The molecule has 0 amide bonds. The zero-order valence-electron chi connectivity index (χ0n) is 24.5. The number of hydrogen-bond acceptors (Lipinski definition) is 8. The number of halogens is 2. The second-order valence-corrected chi connectivity index (χ2v) is 11.5. The van der Waals surface area contributed by atoms with E-state index < -0.39 is 34.1 Å². The lowest BCUT2D eigenvalue weighted by Gasteiger charge is -2.47. The third-order valence-corrected chi connectivity index (χ3v) is 7.89. The van der Waals surface area contributed by atoms with Gasteiger partial charge in [-0.25, -0.2) is 4.79 Å². The molecular formula is C30H41F2NO8. The molecule has 0 radical (unpaired) electrons. The molecule has 41 heavy (non-hydrogen) atoms. The van der Waals surface area contributed by atoms with Crippen LogP contribution in [0.5, 0.6) is 11.5 Å². The van der Waals surface area contributed by atoms with Gasteiger partial charge in [-0.2, -0.15) is 8.78 Å². The monoisotopic (exact) mass is 581 g/mol. The Morgan fingerprint density at radius 2 is 1.83 bits per heavy atom. The molecule has 2 aliphatic rings. The predicted molar refractivity (Wildman–Crippen MR) is 146 cm³/mol. The SMILES string of the molecule is CCCC(CCC)C(=O)Oc1cc(C(F)(F)C(=O)OCCCCO[N+](=O)[O-])cc2c1C1CC(C)=CCC1C(C)(C)O2. The fourth-order valence-corrected chi connectivity index (χ4v) is 5.80. The van der Waals surface area contributed by atoms with Crippen LogP contribution in [0.25, 0.3) is 0 Å². The van der Waals surface area contributed by atoms with Gasteiger partial charge in [0.05, 0.1) is 19.1 Å². The van der Waals surface area contributed by atoms with Gasteiger partial charge in [-0.1, -0.05) is 38.3 Å². The van der Waals surface area contributed by atoms with Gasteiger partial charge in [0.25, 0.3) is 5.09 Å². The van der Waals surface area contributed by atoms with E-state index in [1.165, 1.54) is 0 Å². The van der Waals surface area contributed by atoms with Crippen molar-refractivity contribution in [3.05, 3.63) is 45.0 Å². The summed E-state index contributed by atoms with van der Waals surface area (Å²) in [6, 6.07) is 2.23. The number of nitrogens with zero attached hydrogens (tertiary/aromatic N) is 1. The minimum atomic E-state index is -4.06. The zero-order chi connectivity index (χ0) is 30.4. The van der Waals surface area contributed by atoms with Crippen LogP contribution in [0, 0.1) is 22.0 Å². The smallest absolute Gasteiger partial charge is 0.381 e. The van der Waals surface area contributed by atoms with Crippen LogP contribution < -0.4 is 9.47 Å². The minimum Gasteiger partial charge on any atom is -0.487 e. The largest absolute Gasteiger partial charge is 0.487 e. The normalized spacial score (nSPS) is 19.4. The Morgan fingerprint density at radius 3 is 2.46 bits per heavy atom. The van der Waals surface area contributed by atoms with Crippen molar-refractivity contribution in [1.82, 2.24) is 0 Å². The Labute approximate surface area is 239 Å². The number of carbonyl (C=O) groups excluding carboxylic acids is 2.